The van der Waals surface area contributed by atoms with Crippen molar-refractivity contribution in [3.05, 3.63) is 58.7 Å². The van der Waals surface area contributed by atoms with Gasteiger partial charge < -0.3 is 0 Å². The zero-order valence-corrected chi connectivity index (χ0v) is 11.8. The van der Waals surface area contributed by atoms with Crippen LogP contribution in [-0.2, 0) is 11.8 Å². The first kappa shape index (κ1) is 12.3. The number of aryl methyl sites for hydroxylation is 4. The van der Waals surface area contributed by atoms with E-state index in [1.165, 1.54) is 43.8 Å². The van der Waals surface area contributed by atoms with E-state index in [1.807, 2.05) is 0 Å². The van der Waals surface area contributed by atoms with Gasteiger partial charge in [-0.15, -0.1) is 0 Å². The first-order chi connectivity index (χ1) is 8.06. The van der Waals surface area contributed by atoms with E-state index in [0.717, 1.165) is 0 Å². The molecule has 2 rings (SSSR count). The highest BCUT2D eigenvalue weighted by atomic mass is 32.2. The van der Waals surface area contributed by atoms with Gasteiger partial charge in [-0.05, 0) is 74.2 Å². The average molecular weight is 243 g/mol. The van der Waals surface area contributed by atoms with E-state index in [-0.39, 0.29) is 0 Å². The van der Waals surface area contributed by atoms with E-state index in [0.29, 0.717) is 0 Å². The summed E-state index contributed by atoms with van der Waals surface area (Å²) in [6, 6.07) is 13.4. The Morgan fingerprint density at radius 1 is 0.588 bits per heavy atom. The van der Waals surface area contributed by atoms with Crippen molar-refractivity contribution in [2.24, 2.45) is 0 Å². The Kier molecular flexibility index (Phi) is 3.58. The highest BCUT2D eigenvalue weighted by molar-refractivity contribution is 7.78. The molecule has 0 saturated heterocycles. The number of thiol groups is 1. The summed E-state index contributed by atoms with van der Waals surface area (Å²) >= 11 is 1.30. The second-order valence-corrected chi connectivity index (χ2v) is 5.91. The summed E-state index contributed by atoms with van der Waals surface area (Å²) in [6.07, 6.45) is 0. The lowest BCUT2D eigenvalue weighted by Crippen LogP contribution is -1.90. The van der Waals surface area contributed by atoms with E-state index < -0.39 is 0 Å². The summed E-state index contributed by atoms with van der Waals surface area (Å²) in [5.74, 6) is 0. The first-order valence-corrected chi connectivity index (χ1v) is 6.82. The fraction of sp³-hybridized carbons (Fsp3) is 0.250. The molecule has 0 radical (unpaired) electrons. The van der Waals surface area contributed by atoms with Crippen molar-refractivity contribution in [1.29, 1.82) is 0 Å². The zero-order chi connectivity index (χ0) is 12.4. The summed E-state index contributed by atoms with van der Waals surface area (Å²) in [5.41, 5.74) is 5.48. The fourth-order valence-electron chi connectivity index (χ4n) is 1.74. The SMILES string of the molecule is Cc1ccc([SH+]c2ccc(C)c(C)c2)cc1C. The molecule has 0 N–H and O–H groups in total. The molecular weight excluding hydrogens is 224 g/mol. The number of benzene rings is 2. The molecule has 0 spiro atoms. The van der Waals surface area contributed by atoms with Crippen LogP contribution >= 0.6 is 0 Å². The molecule has 0 heterocycles. The van der Waals surface area contributed by atoms with E-state index in [2.05, 4.69) is 64.1 Å². The normalized spacial score (nSPS) is 10.6. The second-order valence-electron chi connectivity index (χ2n) is 4.65. The van der Waals surface area contributed by atoms with Crippen LogP contribution in [0.25, 0.3) is 0 Å². The van der Waals surface area contributed by atoms with Crippen molar-refractivity contribution in [3.8, 4) is 0 Å². The molecule has 0 atom stereocenters. The third kappa shape index (κ3) is 2.92. The van der Waals surface area contributed by atoms with Crippen LogP contribution in [0.2, 0.25) is 0 Å². The summed E-state index contributed by atoms with van der Waals surface area (Å²) in [7, 11) is 0. The Morgan fingerprint density at radius 2 is 1.00 bits per heavy atom. The van der Waals surface area contributed by atoms with Crippen LogP contribution in [0, 0.1) is 27.7 Å². The first-order valence-electron chi connectivity index (χ1n) is 5.92. The maximum absolute atomic E-state index is 2.28. The smallest absolute Gasteiger partial charge is 0.0541 e. The van der Waals surface area contributed by atoms with E-state index in [1.54, 1.807) is 0 Å². The van der Waals surface area contributed by atoms with Gasteiger partial charge in [0.15, 0.2) is 9.79 Å². The molecule has 0 unspecified atom stereocenters. The summed E-state index contributed by atoms with van der Waals surface area (Å²) in [4.78, 5) is 2.74. The highest BCUT2D eigenvalue weighted by Gasteiger charge is 2.08. The van der Waals surface area contributed by atoms with E-state index in [4.69, 9.17) is 0 Å². The van der Waals surface area contributed by atoms with Crippen LogP contribution in [0.1, 0.15) is 22.3 Å². The molecule has 0 nitrogen and oxygen atoms in total. The van der Waals surface area contributed by atoms with Gasteiger partial charge in [0.2, 0.25) is 0 Å². The van der Waals surface area contributed by atoms with Crippen molar-refractivity contribution in [3.63, 3.8) is 0 Å². The number of hydrogen-bond donors (Lipinski definition) is 0. The Labute approximate surface area is 108 Å². The predicted octanol–water partition coefficient (Wildman–Crippen LogP) is 4.15. The minimum atomic E-state index is 1.30. The lowest BCUT2D eigenvalue weighted by Gasteiger charge is -2.01. The molecule has 2 aromatic rings. The topological polar surface area (TPSA) is 0 Å². The van der Waals surface area contributed by atoms with Crippen molar-refractivity contribution >= 4 is 11.8 Å². The van der Waals surface area contributed by atoms with E-state index >= 15 is 0 Å². The summed E-state index contributed by atoms with van der Waals surface area (Å²) in [5, 5.41) is 0. The molecule has 0 aliphatic rings. The maximum Gasteiger partial charge on any atom is 0.158 e. The van der Waals surface area contributed by atoms with E-state index in [9.17, 15) is 0 Å². The molecule has 0 saturated carbocycles. The standard InChI is InChI=1S/C16H18S/c1-11-5-7-15(9-13(11)3)17-16-8-6-12(2)14(4)10-16/h5-10H,1-4H3/p+1. The molecule has 0 bridgehead atoms. The molecule has 17 heavy (non-hydrogen) atoms. The van der Waals surface area contributed by atoms with Crippen LogP contribution < -0.4 is 0 Å². The van der Waals surface area contributed by atoms with Crippen molar-refractivity contribution in [2.75, 3.05) is 0 Å². The van der Waals surface area contributed by atoms with Gasteiger partial charge in [0, 0.05) is 11.8 Å². The Bertz CT molecular complexity index is 492. The van der Waals surface area contributed by atoms with Crippen LogP contribution in [0.3, 0.4) is 0 Å². The molecule has 0 fully saturated rings. The summed E-state index contributed by atoms with van der Waals surface area (Å²) in [6.45, 7) is 8.67. The number of hydrogen-bond acceptors (Lipinski definition) is 0. The van der Waals surface area contributed by atoms with Crippen molar-refractivity contribution in [2.45, 2.75) is 37.5 Å². The van der Waals surface area contributed by atoms with Gasteiger partial charge in [-0.25, -0.2) is 0 Å². The molecule has 1 heteroatoms. The third-order valence-corrected chi connectivity index (χ3v) is 4.31. The maximum atomic E-state index is 2.28. The molecule has 0 aromatic heterocycles. The minimum Gasteiger partial charge on any atom is -0.0541 e. The second kappa shape index (κ2) is 4.97. The molecular formula is C16H19S+. The van der Waals surface area contributed by atoms with Gasteiger partial charge in [-0.1, -0.05) is 12.1 Å². The van der Waals surface area contributed by atoms with Gasteiger partial charge in [0.1, 0.15) is 0 Å². The molecule has 2 aromatic carbocycles. The van der Waals surface area contributed by atoms with Crippen LogP contribution in [-0.4, -0.2) is 0 Å². The quantitative estimate of drug-likeness (QED) is 0.549. The van der Waals surface area contributed by atoms with Crippen LogP contribution in [0.15, 0.2) is 46.2 Å². The van der Waals surface area contributed by atoms with Gasteiger partial charge in [0.05, 0.1) is 0 Å². The lowest BCUT2D eigenvalue weighted by molar-refractivity contribution is 1.25. The molecule has 0 aliphatic carbocycles. The van der Waals surface area contributed by atoms with Crippen LogP contribution in [0.5, 0.6) is 0 Å². The number of rotatable bonds is 2. The third-order valence-electron chi connectivity index (χ3n) is 3.24. The molecule has 0 amide bonds. The molecule has 88 valence electrons. The zero-order valence-electron chi connectivity index (χ0n) is 10.9. The Morgan fingerprint density at radius 3 is 1.35 bits per heavy atom. The Balaban J connectivity index is 2.25. The minimum absolute atomic E-state index is 1.30. The van der Waals surface area contributed by atoms with Crippen molar-refractivity contribution < 1.29 is 0 Å². The Hall–Kier alpha value is -1.21. The van der Waals surface area contributed by atoms with Gasteiger partial charge in [-0.2, -0.15) is 0 Å². The highest BCUT2D eigenvalue weighted by Crippen LogP contribution is 2.18. The average Bonchev–Trinajstić information content (AvgIpc) is 2.29. The predicted molar refractivity (Wildman–Crippen MR) is 77.1 cm³/mol. The monoisotopic (exact) mass is 243 g/mol. The van der Waals surface area contributed by atoms with Gasteiger partial charge >= 0.3 is 0 Å². The van der Waals surface area contributed by atoms with Crippen LogP contribution in [0.4, 0.5) is 0 Å². The summed E-state index contributed by atoms with van der Waals surface area (Å²) < 4.78 is 0. The lowest BCUT2D eigenvalue weighted by atomic mass is 10.1. The van der Waals surface area contributed by atoms with Crippen molar-refractivity contribution in [1.82, 2.24) is 0 Å². The largest absolute Gasteiger partial charge is 0.158 e. The molecule has 0 aliphatic heterocycles. The fourth-order valence-corrected chi connectivity index (χ4v) is 2.85. The van der Waals surface area contributed by atoms with Gasteiger partial charge in [-0.3, -0.25) is 0 Å². The van der Waals surface area contributed by atoms with Gasteiger partial charge in [0.25, 0.3) is 0 Å².